The predicted octanol–water partition coefficient (Wildman–Crippen LogP) is 6.43. The molecule has 1 N–H and O–H groups in total. The van der Waals surface area contributed by atoms with Crippen molar-refractivity contribution in [1.82, 2.24) is 9.13 Å². The van der Waals surface area contributed by atoms with Crippen LogP contribution in [0.4, 0.5) is 0 Å². The van der Waals surface area contributed by atoms with Crippen LogP contribution in [0.3, 0.4) is 0 Å². The van der Waals surface area contributed by atoms with E-state index in [0.717, 1.165) is 35.9 Å². The zero-order valence-electron chi connectivity index (χ0n) is 22.0. The van der Waals surface area contributed by atoms with E-state index >= 15 is 0 Å². The third-order valence-corrected chi connectivity index (χ3v) is 7.69. The summed E-state index contributed by atoms with van der Waals surface area (Å²) >= 11 is 0. The summed E-state index contributed by atoms with van der Waals surface area (Å²) in [6.45, 7) is 5.27. The molecule has 0 amide bonds. The number of carboxylic acids is 1. The van der Waals surface area contributed by atoms with E-state index in [2.05, 4.69) is 13.8 Å². The van der Waals surface area contributed by atoms with Gasteiger partial charge in [0.1, 0.15) is 5.69 Å². The van der Waals surface area contributed by atoms with Crippen molar-refractivity contribution in [2.75, 3.05) is 0 Å². The first-order valence-electron chi connectivity index (χ1n) is 13.6. The Hall–Kier alpha value is -3.41. The van der Waals surface area contributed by atoms with Crippen molar-refractivity contribution < 1.29 is 14.7 Å². The van der Waals surface area contributed by atoms with Gasteiger partial charge in [-0.15, -0.1) is 0 Å². The summed E-state index contributed by atoms with van der Waals surface area (Å²) in [5, 5.41) is 9.54. The van der Waals surface area contributed by atoms with Crippen LogP contribution in [0.15, 0.2) is 53.3 Å². The molecule has 196 valence electrons. The minimum Gasteiger partial charge on any atom is -0.478 e. The number of carbonyl (C=O) groups excluding carboxylic acids is 1. The Kier molecular flexibility index (Phi) is 8.80. The molecule has 0 saturated heterocycles. The Morgan fingerprint density at radius 2 is 1.73 bits per heavy atom. The second kappa shape index (κ2) is 12.2. The topological polar surface area (TPSA) is 81.3 Å². The molecule has 4 rings (SSSR count). The number of rotatable bonds is 11. The van der Waals surface area contributed by atoms with Crippen LogP contribution in [0.25, 0.3) is 11.1 Å². The lowest BCUT2D eigenvalue weighted by molar-refractivity contribution is 0.0697. The Morgan fingerprint density at radius 1 is 1.03 bits per heavy atom. The van der Waals surface area contributed by atoms with Gasteiger partial charge in [0, 0.05) is 6.54 Å². The minimum atomic E-state index is -0.961. The smallest absolute Gasteiger partial charge is 0.336 e. The highest BCUT2D eigenvalue weighted by molar-refractivity contribution is 5.96. The van der Waals surface area contributed by atoms with Gasteiger partial charge in [-0.05, 0) is 53.9 Å². The molecule has 1 saturated carbocycles. The molecular weight excluding hydrogens is 464 g/mol. The van der Waals surface area contributed by atoms with Crippen molar-refractivity contribution in [3.05, 3.63) is 81.5 Å². The summed E-state index contributed by atoms with van der Waals surface area (Å²) in [6.07, 6.45) is 9.62. The Bertz CT molecular complexity index is 1280. The highest BCUT2D eigenvalue weighted by Gasteiger charge is 2.22. The first-order chi connectivity index (χ1) is 17.9. The van der Waals surface area contributed by atoms with Gasteiger partial charge in [0.2, 0.25) is 0 Å². The fourth-order valence-corrected chi connectivity index (χ4v) is 5.54. The lowest BCUT2D eigenvalue weighted by Crippen LogP contribution is -2.27. The number of carboxylic acid groups (broad SMARTS) is 1. The van der Waals surface area contributed by atoms with Crippen molar-refractivity contribution in [2.24, 2.45) is 11.8 Å². The molecule has 6 heteroatoms. The molecular formula is C31H38N2O4. The van der Waals surface area contributed by atoms with Crippen LogP contribution in [-0.2, 0) is 19.5 Å². The molecule has 1 heterocycles. The lowest BCUT2D eigenvalue weighted by atomic mass is 9.87. The second-order valence-corrected chi connectivity index (χ2v) is 10.7. The fraction of sp³-hybridized carbons (Fsp3) is 0.452. The minimum absolute atomic E-state index is 0.114. The summed E-state index contributed by atoms with van der Waals surface area (Å²) in [7, 11) is 0. The SMILES string of the molecule is CC(C)CCc1c(C=O)n(CCC2CCCCC2)c(=O)n1Cc1ccc(-c2ccccc2C(=O)O)cc1. The average Bonchev–Trinajstić information content (AvgIpc) is 3.16. The van der Waals surface area contributed by atoms with Gasteiger partial charge in [-0.1, -0.05) is 88.4 Å². The molecule has 6 nitrogen and oxygen atoms in total. The summed E-state index contributed by atoms with van der Waals surface area (Å²) < 4.78 is 3.47. The Balaban J connectivity index is 1.63. The van der Waals surface area contributed by atoms with Gasteiger partial charge in [-0.3, -0.25) is 13.9 Å². The maximum absolute atomic E-state index is 13.6. The third-order valence-electron chi connectivity index (χ3n) is 7.69. The standard InChI is InChI=1S/C31H38N2O4/c1-22(2)12-17-28-29(21-34)32(19-18-23-8-4-3-5-9-23)31(37)33(28)20-24-13-15-25(16-14-24)26-10-6-7-11-27(26)30(35)36/h6-7,10-11,13-16,21-23H,3-5,8-9,12,17-20H2,1-2H3,(H,35,36). The van der Waals surface area contributed by atoms with Gasteiger partial charge in [0.25, 0.3) is 0 Å². The van der Waals surface area contributed by atoms with Crippen LogP contribution in [0.1, 0.15) is 90.9 Å². The zero-order chi connectivity index (χ0) is 26.4. The van der Waals surface area contributed by atoms with Crippen LogP contribution < -0.4 is 5.69 Å². The molecule has 0 bridgehead atoms. The average molecular weight is 503 g/mol. The molecule has 0 unspecified atom stereocenters. The van der Waals surface area contributed by atoms with Crippen LogP contribution in [0.2, 0.25) is 0 Å². The Morgan fingerprint density at radius 3 is 2.38 bits per heavy atom. The quantitative estimate of drug-likeness (QED) is 0.306. The molecule has 0 atom stereocenters. The molecule has 0 radical (unpaired) electrons. The number of hydrogen-bond donors (Lipinski definition) is 1. The van der Waals surface area contributed by atoms with Crippen LogP contribution >= 0.6 is 0 Å². The van der Waals surface area contributed by atoms with E-state index in [0.29, 0.717) is 42.6 Å². The second-order valence-electron chi connectivity index (χ2n) is 10.7. The van der Waals surface area contributed by atoms with Gasteiger partial charge in [0.15, 0.2) is 6.29 Å². The van der Waals surface area contributed by atoms with E-state index in [4.69, 9.17) is 0 Å². The van der Waals surface area contributed by atoms with Crippen molar-refractivity contribution in [3.8, 4) is 11.1 Å². The van der Waals surface area contributed by atoms with E-state index in [1.165, 1.54) is 32.1 Å². The zero-order valence-corrected chi connectivity index (χ0v) is 22.0. The monoisotopic (exact) mass is 502 g/mol. The van der Waals surface area contributed by atoms with Crippen LogP contribution in [0.5, 0.6) is 0 Å². The molecule has 1 aromatic heterocycles. The summed E-state index contributed by atoms with van der Waals surface area (Å²) in [6, 6.07) is 14.6. The van der Waals surface area contributed by atoms with E-state index in [-0.39, 0.29) is 11.3 Å². The van der Waals surface area contributed by atoms with Crippen molar-refractivity contribution >= 4 is 12.3 Å². The van der Waals surface area contributed by atoms with E-state index in [1.54, 1.807) is 27.3 Å². The molecule has 0 spiro atoms. The van der Waals surface area contributed by atoms with Crippen molar-refractivity contribution in [3.63, 3.8) is 0 Å². The molecule has 1 aliphatic carbocycles. The van der Waals surface area contributed by atoms with Crippen molar-refractivity contribution in [1.29, 1.82) is 0 Å². The number of carbonyl (C=O) groups is 2. The van der Waals surface area contributed by atoms with Gasteiger partial charge in [-0.2, -0.15) is 0 Å². The highest BCUT2D eigenvalue weighted by atomic mass is 16.4. The van der Waals surface area contributed by atoms with Crippen LogP contribution in [0, 0.1) is 11.8 Å². The van der Waals surface area contributed by atoms with Crippen molar-refractivity contribution in [2.45, 2.75) is 78.3 Å². The molecule has 3 aromatic rings. The molecule has 37 heavy (non-hydrogen) atoms. The highest BCUT2D eigenvalue weighted by Crippen LogP contribution is 2.27. The van der Waals surface area contributed by atoms with Gasteiger partial charge in [-0.25, -0.2) is 9.59 Å². The molecule has 1 fully saturated rings. The number of imidazole rings is 1. The summed E-state index contributed by atoms with van der Waals surface area (Å²) in [5.41, 5.74) is 3.89. The largest absolute Gasteiger partial charge is 0.478 e. The van der Waals surface area contributed by atoms with E-state index < -0.39 is 5.97 Å². The van der Waals surface area contributed by atoms with Gasteiger partial charge < -0.3 is 5.11 Å². The maximum Gasteiger partial charge on any atom is 0.336 e. The van der Waals surface area contributed by atoms with Gasteiger partial charge >= 0.3 is 11.7 Å². The Labute approximate surface area is 219 Å². The van der Waals surface area contributed by atoms with Gasteiger partial charge in [0.05, 0.1) is 17.8 Å². The first kappa shape index (κ1) is 26.6. The fourth-order valence-electron chi connectivity index (χ4n) is 5.54. The number of benzene rings is 2. The van der Waals surface area contributed by atoms with Crippen LogP contribution in [-0.4, -0.2) is 26.5 Å². The third kappa shape index (κ3) is 6.30. The molecule has 1 aliphatic rings. The summed E-state index contributed by atoms with van der Waals surface area (Å²) in [5.74, 6) is 0.128. The number of aromatic nitrogens is 2. The predicted molar refractivity (Wildman–Crippen MR) is 146 cm³/mol. The van der Waals surface area contributed by atoms with E-state index in [9.17, 15) is 19.5 Å². The number of hydrogen-bond acceptors (Lipinski definition) is 3. The number of nitrogens with zero attached hydrogens (tertiary/aromatic N) is 2. The number of aldehydes is 1. The maximum atomic E-state index is 13.6. The summed E-state index contributed by atoms with van der Waals surface area (Å²) in [4.78, 5) is 37.5. The first-order valence-corrected chi connectivity index (χ1v) is 13.6. The normalized spacial score (nSPS) is 14.2. The molecule has 2 aromatic carbocycles. The molecule has 0 aliphatic heterocycles. The van der Waals surface area contributed by atoms with E-state index in [1.807, 2.05) is 30.3 Å². The number of aromatic carboxylic acids is 1. The lowest BCUT2D eigenvalue weighted by Gasteiger charge is -2.21.